The van der Waals surface area contributed by atoms with Gasteiger partial charge in [-0.25, -0.2) is 0 Å². The summed E-state index contributed by atoms with van der Waals surface area (Å²) in [6.07, 6.45) is -2.79. The molecule has 4 aliphatic rings. The maximum Gasteiger partial charge on any atom is 0.196 e. The van der Waals surface area contributed by atoms with E-state index in [9.17, 15) is 34.8 Å². The van der Waals surface area contributed by atoms with Crippen LogP contribution in [0.3, 0.4) is 0 Å². The van der Waals surface area contributed by atoms with Gasteiger partial charge in [-0.2, -0.15) is 0 Å². The first-order valence-electron chi connectivity index (χ1n) is 14.5. The molecule has 0 unspecified atom stereocenters. The summed E-state index contributed by atoms with van der Waals surface area (Å²) in [6, 6.07) is 2.68. The maximum atomic E-state index is 13.9. The van der Waals surface area contributed by atoms with Gasteiger partial charge >= 0.3 is 0 Å². The number of phenolic OH excluding ortho intramolecular Hbond substituents is 2. The lowest BCUT2D eigenvalue weighted by Gasteiger charge is -2.46. The molecule has 11 nitrogen and oxygen atoms in total. The number of fused-ring (bicyclic) bond motifs is 4. The summed E-state index contributed by atoms with van der Waals surface area (Å²) in [7, 11) is 2.60. The molecular formula is C32H36O11. The van der Waals surface area contributed by atoms with Crippen LogP contribution in [0.5, 0.6) is 23.0 Å². The Morgan fingerprint density at radius 3 is 2.02 bits per heavy atom. The molecule has 2 heterocycles. The van der Waals surface area contributed by atoms with Crippen LogP contribution in [0.1, 0.15) is 83.3 Å². The number of carbonyl (C=O) groups is 3. The Bertz CT molecular complexity index is 1560. The molecule has 2 fully saturated rings. The number of aliphatic hydroxyl groups is 2. The van der Waals surface area contributed by atoms with Gasteiger partial charge < -0.3 is 39.4 Å². The summed E-state index contributed by atoms with van der Waals surface area (Å²) in [5, 5.41) is 46.4. The fourth-order valence-corrected chi connectivity index (χ4v) is 8.05. The van der Waals surface area contributed by atoms with Gasteiger partial charge in [0, 0.05) is 17.9 Å². The van der Waals surface area contributed by atoms with E-state index in [4.69, 9.17) is 18.9 Å². The van der Waals surface area contributed by atoms with Crippen molar-refractivity contribution in [2.75, 3.05) is 14.2 Å². The van der Waals surface area contributed by atoms with Crippen molar-refractivity contribution < 1.29 is 53.8 Å². The highest BCUT2D eigenvalue weighted by Crippen LogP contribution is 2.57. The quantitative estimate of drug-likeness (QED) is 0.410. The van der Waals surface area contributed by atoms with Crippen LogP contribution in [0, 0.1) is 17.8 Å². The van der Waals surface area contributed by atoms with Gasteiger partial charge in [0.2, 0.25) is 0 Å². The monoisotopic (exact) mass is 596 g/mol. The number of aliphatic hydroxyl groups excluding tert-OH is 1. The number of aromatic hydroxyl groups is 2. The van der Waals surface area contributed by atoms with Gasteiger partial charge in [0.05, 0.1) is 78.8 Å². The molecule has 0 amide bonds. The first-order chi connectivity index (χ1) is 20.3. The van der Waals surface area contributed by atoms with Crippen LogP contribution in [0.25, 0.3) is 11.1 Å². The van der Waals surface area contributed by atoms with E-state index in [1.165, 1.54) is 26.4 Å². The maximum absolute atomic E-state index is 13.9. The lowest BCUT2D eigenvalue weighted by atomic mass is 9.64. The van der Waals surface area contributed by atoms with Crippen LogP contribution in [0.2, 0.25) is 0 Å². The van der Waals surface area contributed by atoms with Gasteiger partial charge in [-0.3, -0.25) is 14.4 Å². The van der Waals surface area contributed by atoms with E-state index in [1.54, 1.807) is 20.8 Å². The van der Waals surface area contributed by atoms with Crippen LogP contribution in [-0.2, 0) is 9.47 Å². The zero-order chi connectivity index (χ0) is 31.3. The average molecular weight is 597 g/mol. The minimum atomic E-state index is -2.04. The van der Waals surface area contributed by atoms with Crippen LogP contribution in [-0.4, -0.2) is 82.0 Å². The SMILES string of the molecule is COc1cc2c(c(O)c1-c1c(OC)cc3c(c1O)C(=O)[C@H]1[C@@H](C[C@H](C)O[C@@H]1C)[C@H]3O)C(=O)[C@@H]1[C@@H](C)O[C@@H](C)C[C@@]1(O)C2=O. The van der Waals surface area contributed by atoms with Crippen LogP contribution in [0.15, 0.2) is 12.1 Å². The number of benzene rings is 2. The summed E-state index contributed by atoms with van der Waals surface area (Å²) in [4.78, 5) is 41.6. The van der Waals surface area contributed by atoms with E-state index in [0.717, 1.165) is 0 Å². The summed E-state index contributed by atoms with van der Waals surface area (Å²) in [5.74, 6) is -5.69. The number of phenols is 2. The normalized spacial score (nSPS) is 35.0. The van der Waals surface area contributed by atoms with Crippen molar-refractivity contribution in [3.05, 3.63) is 34.4 Å². The highest BCUT2D eigenvalue weighted by molar-refractivity contribution is 6.22. The molecule has 2 saturated heterocycles. The predicted molar refractivity (Wildman–Crippen MR) is 151 cm³/mol. The second-order valence-corrected chi connectivity index (χ2v) is 12.3. The van der Waals surface area contributed by atoms with E-state index in [0.29, 0.717) is 6.42 Å². The zero-order valence-corrected chi connectivity index (χ0v) is 24.8. The highest BCUT2D eigenvalue weighted by atomic mass is 16.5. The largest absolute Gasteiger partial charge is 0.506 e. The molecule has 2 aromatic rings. The number of carbonyl (C=O) groups excluding carboxylic acids is 3. The topological polar surface area (TPSA) is 169 Å². The van der Waals surface area contributed by atoms with Crippen molar-refractivity contribution >= 4 is 17.3 Å². The molecule has 6 rings (SSSR count). The fourth-order valence-electron chi connectivity index (χ4n) is 8.05. The number of ether oxygens (including phenoxy) is 4. The van der Waals surface area contributed by atoms with E-state index in [2.05, 4.69) is 0 Å². The molecule has 0 bridgehead atoms. The van der Waals surface area contributed by atoms with Crippen molar-refractivity contribution in [3.63, 3.8) is 0 Å². The minimum absolute atomic E-state index is 0.00228. The zero-order valence-electron chi connectivity index (χ0n) is 24.8. The number of Topliss-reactive ketones (excluding diaryl/α,β-unsaturated/α-hetero) is 3. The predicted octanol–water partition coefficient (Wildman–Crippen LogP) is 3.37. The van der Waals surface area contributed by atoms with Crippen molar-refractivity contribution in [1.82, 2.24) is 0 Å². The van der Waals surface area contributed by atoms with Crippen LogP contribution >= 0.6 is 0 Å². The molecule has 2 aliphatic carbocycles. The Labute approximate surface area is 248 Å². The Hall–Kier alpha value is -3.51. The Morgan fingerprint density at radius 1 is 0.814 bits per heavy atom. The highest BCUT2D eigenvalue weighted by Gasteiger charge is 2.59. The second kappa shape index (κ2) is 10.0. The van der Waals surface area contributed by atoms with Gasteiger partial charge in [-0.15, -0.1) is 0 Å². The summed E-state index contributed by atoms with van der Waals surface area (Å²) in [5.41, 5.74) is -2.92. The number of rotatable bonds is 3. The van der Waals surface area contributed by atoms with E-state index in [-0.39, 0.29) is 57.4 Å². The molecule has 230 valence electrons. The van der Waals surface area contributed by atoms with Crippen LogP contribution < -0.4 is 9.47 Å². The van der Waals surface area contributed by atoms with Crippen LogP contribution in [0.4, 0.5) is 0 Å². The van der Waals surface area contributed by atoms with E-state index in [1.807, 2.05) is 6.92 Å². The standard InChI is InChI=1S/C32H36O11/c1-11-7-15-20(13(3)42-11)27(34)21-16(26(15)33)8-18(40-5)23(28(21)35)24-19(41-6)9-17-22(29(24)36)30(37)25-14(4)43-12(2)10-32(25,39)31(17)38/h8-9,11-15,20,25-26,33,35-36,39H,7,10H2,1-6H3/t11-,12-,13+,14+,15+,20+,25-,26+,32-/m0/s1. The summed E-state index contributed by atoms with van der Waals surface area (Å²) >= 11 is 0. The van der Waals surface area contributed by atoms with Crippen molar-refractivity contribution in [2.24, 2.45) is 17.8 Å². The van der Waals surface area contributed by atoms with E-state index >= 15 is 0 Å². The van der Waals surface area contributed by atoms with Crippen molar-refractivity contribution in [1.29, 1.82) is 0 Å². The number of hydrogen-bond donors (Lipinski definition) is 4. The third-order valence-corrected chi connectivity index (χ3v) is 9.74. The Morgan fingerprint density at radius 2 is 1.40 bits per heavy atom. The average Bonchev–Trinajstić information content (AvgIpc) is 2.93. The number of ketones is 3. The van der Waals surface area contributed by atoms with Crippen molar-refractivity contribution in [2.45, 2.75) is 76.7 Å². The smallest absolute Gasteiger partial charge is 0.196 e. The molecule has 11 heteroatoms. The lowest BCUT2D eigenvalue weighted by molar-refractivity contribution is -0.141. The Balaban J connectivity index is 1.60. The van der Waals surface area contributed by atoms with Gasteiger partial charge in [-0.1, -0.05) is 0 Å². The Kier molecular flexibility index (Phi) is 6.89. The molecule has 2 aliphatic heterocycles. The lowest BCUT2D eigenvalue weighted by Crippen LogP contribution is -2.62. The minimum Gasteiger partial charge on any atom is -0.506 e. The molecular weight excluding hydrogens is 560 g/mol. The molecule has 2 aromatic carbocycles. The number of hydrogen-bond acceptors (Lipinski definition) is 11. The molecule has 43 heavy (non-hydrogen) atoms. The number of methoxy groups -OCH3 is 2. The molecule has 0 saturated carbocycles. The molecule has 0 aromatic heterocycles. The first-order valence-corrected chi connectivity index (χ1v) is 14.5. The van der Waals surface area contributed by atoms with Gasteiger partial charge in [-0.05, 0) is 51.8 Å². The third-order valence-electron chi connectivity index (χ3n) is 9.74. The summed E-state index contributed by atoms with van der Waals surface area (Å²) < 4.78 is 22.8. The van der Waals surface area contributed by atoms with Gasteiger partial charge in [0.1, 0.15) is 28.6 Å². The summed E-state index contributed by atoms with van der Waals surface area (Å²) in [6.45, 7) is 6.91. The first kappa shape index (κ1) is 29.6. The molecule has 0 radical (unpaired) electrons. The molecule has 9 atom stereocenters. The molecule has 0 spiro atoms. The van der Waals surface area contributed by atoms with Crippen molar-refractivity contribution in [3.8, 4) is 34.1 Å². The fraction of sp³-hybridized carbons (Fsp3) is 0.531. The third kappa shape index (κ3) is 3.98. The molecule has 4 N–H and O–H groups in total. The van der Waals surface area contributed by atoms with E-state index < -0.39 is 76.6 Å². The second-order valence-electron chi connectivity index (χ2n) is 12.3. The van der Waals surface area contributed by atoms with Gasteiger partial charge in [0.15, 0.2) is 17.3 Å². The van der Waals surface area contributed by atoms with Gasteiger partial charge in [0.25, 0.3) is 0 Å².